The van der Waals surface area contributed by atoms with E-state index in [1.54, 1.807) is 6.92 Å². The lowest BCUT2D eigenvalue weighted by atomic mass is 9.97. The minimum Gasteiger partial charge on any atom is -0.480 e. The predicted molar refractivity (Wildman–Crippen MR) is 274 cm³/mol. The fraction of sp³-hybridized carbons (Fsp3) is 0.717. The Hall–Kier alpha value is -6.37. The normalized spacial score (nSPS) is 20.9. The molecule has 20 N–H and O–H groups in total. The molecule has 0 bridgehead atoms. The zero-order valence-corrected chi connectivity index (χ0v) is 43.1. The molecule has 0 saturated carbocycles. The van der Waals surface area contributed by atoms with Crippen molar-refractivity contribution in [2.45, 2.75) is 152 Å². The minimum absolute atomic E-state index is 0.0477. The van der Waals surface area contributed by atoms with Gasteiger partial charge in [0.25, 0.3) is 0 Å². The van der Waals surface area contributed by atoms with Crippen LogP contribution in [0.5, 0.6) is 0 Å². The second kappa shape index (κ2) is 30.2. The standard InChI is InChI=1S/C46H80N18O11/c1-4-25(2)33(43(72)58-26(3)38(50)68)61-41(70)29(12-9-17-54-46(51)52)59-40(69)28(11-5-6-15-47)60-42(71)30-13-10-19-63(30)32(65)21-53-16-7-8-18-62(20-14-27(48)45(73)74)22-31-35(66)36(67)44(75-31)64-24-57-34-37(49)55-23-56-39(34)64/h23-31,33,35-36,44,53,66-67H,4-22,47-48H2,1-3H3,(H2,50,68)(H,58,72)(H,59,69)(H,60,71)(H,61,70)(H,73,74)(H2,49,55,56)(H4,51,52,54)/t25-,26-,27-,28-,29-,30-,31+,33-,35+,36+,44+/m0/s1. The number of aliphatic hydroxyl groups is 2. The third kappa shape index (κ3) is 18.2. The number of aliphatic hydroxyl groups excluding tert-OH is 2. The van der Waals surface area contributed by atoms with Gasteiger partial charge in [0.15, 0.2) is 23.7 Å². The number of carbonyl (C=O) groups excluding carboxylic acids is 6. The molecule has 2 aromatic rings. The van der Waals surface area contributed by atoms with Crippen molar-refractivity contribution in [1.29, 1.82) is 0 Å². The molecule has 6 amide bonds. The fourth-order valence-corrected chi connectivity index (χ4v) is 8.78. The average Bonchev–Trinajstić information content (AvgIpc) is 4.11. The number of carboxylic acid groups (broad SMARTS) is 1. The molecular weight excluding hydrogens is 981 g/mol. The zero-order valence-electron chi connectivity index (χ0n) is 43.1. The Morgan fingerprint density at radius 1 is 0.880 bits per heavy atom. The van der Waals surface area contributed by atoms with Gasteiger partial charge in [-0.05, 0) is 96.7 Å². The third-order valence-corrected chi connectivity index (χ3v) is 13.5. The Morgan fingerprint density at radius 3 is 2.27 bits per heavy atom. The van der Waals surface area contributed by atoms with Gasteiger partial charge in [-0.1, -0.05) is 20.3 Å². The number of guanidine groups is 1. The number of hydrogen-bond donors (Lipinski definition) is 14. The number of aliphatic imine (C=N–C) groups is 1. The second-order valence-electron chi connectivity index (χ2n) is 19.2. The van der Waals surface area contributed by atoms with Gasteiger partial charge in [-0.3, -0.25) is 43.1 Å². The summed E-state index contributed by atoms with van der Waals surface area (Å²) in [4.78, 5) is 112. The number of carboxylic acids is 1. The number of primary amides is 1. The van der Waals surface area contributed by atoms with Gasteiger partial charge in [-0.25, -0.2) is 15.0 Å². The van der Waals surface area contributed by atoms with Crippen molar-refractivity contribution in [2.24, 2.45) is 39.6 Å². The monoisotopic (exact) mass is 1060 g/mol. The van der Waals surface area contributed by atoms with E-state index in [1.165, 1.54) is 29.0 Å². The number of likely N-dealkylation sites (tertiary alicyclic amines) is 1. The predicted octanol–water partition coefficient (Wildman–Crippen LogP) is -4.83. The maximum absolute atomic E-state index is 14.1. The molecule has 4 heterocycles. The van der Waals surface area contributed by atoms with Gasteiger partial charge in [0, 0.05) is 26.2 Å². The van der Waals surface area contributed by atoms with Gasteiger partial charge >= 0.3 is 5.97 Å². The van der Waals surface area contributed by atoms with E-state index >= 15 is 0 Å². The molecule has 0 aromatic carbocycles. The molecule has 2 fully saturated rings. The first-order valence-corrected chi connectivity index (χ1v) is 25.6. The molecule has 0 aliphatic carbocycles. The van der Waals surface area contributed by atoms with E-state index in [0.717, 1.165) is 0 Å². The van der Waals surface area contributed by atoms with Gasteiger partial charge in [0.2, 0.25) is 35.4 Å². The summed E-state index contributed by atoms with van der Waals surface area (Å²) in [5.74, 6) is -5.22. The lowest BCUT2D eigenvalue weighted by Crippen LogP contribution is -2.59. The van der Waals surface area contributed by atoms with Crippen molar-refractivity contribution < 1.29 is 53.6 Å². The van der Waals surface area contributed by atoms with Crippen LogP contribution in [-0.2, 0) is 38.3 Å². The first-order valence-electron chi connectivity index (χ1n) is 25.6. The minimum atomic E-state index is -1.35. The molecule has 4 rings (SSSR count). The summed E-state index contributed by atoms with van der Waals surface area (Å²) in [5, 5.41) is 45.4. The Kier molecular flexibility index (Phi) is 24.7. The van der Waals surface area contributed by atoms with Crippen LogP contribution in [0.3, 0.4) is 0 Å². The highest BCUT2D eigenvalue weighted by molar-refractivity contribution is 5.96. The van der Waals surface area contributed by atoms with E-state index < -0.39 is 96.3 Å². The van der Waals surface area contributed by atoms with E-state index in [0.29, 0.717) is 82.3 Å². The van der Waals surface area contributed by atoms with Crippen LogP contribution in [0.15, 0.2) is 17.6 Å². The quantitative estimate of drug-likeness (QED) is 0.0181. The number of amides is 6. The Labute approximate surface area is 435 Å². The third-order valence-electron chi connectivity index (χ3n) is 13.5. The molecule has 11 atom stereocenters. The lowest BCUT2D eigenvalue weighted by molar-refractivity contribution is -0.139. The number of aromatic nitrogens is 4. The number of nitrogen functional groups attached to an aromatic ring is 1. The van der Waals surface area contributed by atoms with E-state index in [1.807, 2.05) is 11.8 Å². The smallest absolute Gasteiger partial charge is 0.320 e. The van der Waals surface area contributed by atoms with Crippen LogP contribution in [0.25, 0.3) is 11.2 Å². The molecule has 75 heavy (non-hydrogen) atoms. The molecule has 0 radical (unpaired) electrons. The van der Waals surface area contributed by atoms with Crippen LogP contribution in [0.1, 0.15) is 97.6 Å². The van der Waals surface area contributed by atoms with Crippen LogP contribution in [0.2, 0.25) is 0 Å². The molecule has 0 unspecified atom stereocenters. The van der Waals surface area contributed by atoms with Crippen molar-refractivity contribution in [1.82, 2.24) is 55.9 Å². The highest BCUT2D eigenvalue weighted by Crippen LogP contribution is 2.32. The number of unbranched alkanes of at least 4 members (excludes halogenated alkanes) is 2. The van der Waals surface area contributed by atoms with Crippen molar-refractivity contribution >= 4 is 64.4 Å². The van der Waals surface area contributed by atoms with E-state index in [9.17, 15) is 48.9 Å². The molecule has 0 spiro atoms. The summed E-state index contributed by atoms with van der Waals surface area (Å²) in [5.41, 5.74) is 34.5. The number of nitrogens with zero attached hydrogens (tertiary/aromatic N) is 7. The zero-order chi connectivity index (χ0) is 55.4. The number of ether oxygens (including phenoxy) is 1. The number of rotatable bonds is 33. The highest BCUT2D eigenvalue weighted by Gasteiger charge is 2.45. The maximum Gasteiger partial charge on any atom is 0.320 e. The topological polar surface area (TPSA) is 468 Å². The number of nitrogens with one attached hydrogen (secondary N) is 5. The first kappa shape index (κ1) is 61.2. The lowest BCUT2D eigenvalue weighted by Gasteiger charge is -2.29. The SMILES string of the molecule is CC[C@H](C)[C@H](NC(=O)[C@H](CCCN=C(N)N)NC(=O)[C@H](CCCCN)NC(=O)[C@@H]1CCCN1C(=O)CNCCCCN(CC[C@H](N)C(=O)O)C[C@H]1O[C@@H](n2cnc3c(N)ncnc32)[C@H](O)[C@@H]1O)C(=O)N[C@@H](C)C(N)=O. The van der Waals surface area contributed by atoms with E-state index in [-0.39, 0.29) is 75.5 Å². The Morgan fingerprint density at radius 2 is 1.59 bits per heavy atom. The van der Waals surface area contributed by atoms with Crippen LogP contribution in [0, 0.1) is 5.92 Å². The summed E-state index contributed by atoms with van der Waals surface area (Å²) in [6, 6.07) is -6.44. The largest absolute Gasteiger partial charge is 0.480 e. The van der Waals surface area contributed by atoms with E-state index in [2.05, 4.69) is 46.5 Å². The highest BCUT2D eigenvalue weighted by atomic mass is 16.6. The molecule has 2 aliphatic rings. The summed E-state index contributed by atoms with van der Waals surface area (Å²) in [6.07, 6.45) is 2.10. The summed E-state index contributed by atoms with van der Waals surface area (Å²) in [7, 11) is 0. The number of fused-ring (bicyclic) bond motifs is 1. The van der Waals surface area contributed by atoms with Crippen molar-refractivity contribution in [2.75, 3.05) is 58.1 Å². The summed E-state index contributed by atoms with van der Waals surface area (Å²) >= 11 is 0. The maximum atomic E-state index is 14.1. The number of anilines is 1. The van der Waals surface area contributed by atoms with Crippen LogP contribution in [-0.4, -0.2) is 199 Å². The van der Waals surface area contributed by atoms with Crippen molar-refractivity contribution in [3.8, 4) is 0 Å². The Bertz CT molecular complexity index is 2250. The van der Waals surface area contributed by atoms with Gasteiger partial charge in [-0.15, -0.1) is 0 Å². The summed E-state index contributed by atoms with van der Waals surface area (Å²) in [6.45, 7) is 6.86. The van der Waals surface area contributed by atoms with Gasteiger partial charge < -0.3 is 90.8 Å². The number of nitrogens with two attached hydrogens (primary N) is 6. The summed E-state index contributed by atoms with van der Waals surface area (Å²) < 4.78 is 7.59. The van der Waals surface area contributed by atoms with Gasteiger partial charge in [-0.2, -0.15) is 0 Å². The van der Waals surface area contributed by atoms with Crippen LogP contribution in [0.4, 0.5) is 5.82 Å². The number of carbonyl (C=O) groups is 7. The molecule has 420 valence electrons. The van der Waals surface area contributed by atoms with Crippen LogP contribution < -0.4 is 61.0 Å². The molecule has 2 aromatic heterocycles. The molecule has 2 saturated heterocycles. The first-order chi connectivity index (χ1) is 35.7. The number of imidazole rings is 1. The van der Waals surface area contributed by atoms with Crippen LogP contribution >= 0.6 is 0 Å². The molecule has 29 heteroatoms. The molecular formula is C46H80N18O11. The number of aliphatic carboxylic acids is 1. The van der Waals surface area contributed by atoms with Crippen molar-refractivity contribution in [3.63, 3.8) is 0 Å². The van der Waals surface area contributed by atoms with Gasteiger partial charge in [0.05, 0.1) is 12.9 Å². The Balaban J connectivity index is 1.35. The van der Waals surface area contributed by atoms with E-state index in [4.69, 9.17) is 39.1 Å². The second-order valence-corrected chi connectivity index (χ2v) is 19.2. The van der Waals surface area contributed by atoms with Crippen molar-refractivity contribution in [3.05, 3.63) is 12.7 Å². The molecule has 29 nitrogen and oxygen atoms in total. The fourth-order valence-electron chi connectivity index (χ4n) is 8.78. The average molecular weight is 1060 g/mol. The molecule has 2 aliphatic heterocycles. The van der Waals surface area contributed by atoms with Gasteiger partial charge in [0.1, 0.15) is 66.4 Å². The number of hydrogen-bond acceptors (Lipinski definition) is 19.